The SMILES string of the molecule is CC1(NS(=O)(=O)N2CC3(CN(C(=O)OC(C)(C)C)C3)C2)CC1. The van der Waals surface area contributed by atoms with E-state index in [2.05, 4.69) is 4.72 Å². The van der Waals surface area contributed by atoms with Crippen LogP contribution in [-0.2, 0) is 14.9 Å². The first-order valence-electron chi connectivity index (χ1n) is 7.69. The molecule has 2 aliphatic heterocycles. The third-order valence-electron chi connectivity index (χ3n) is 4.44. The number of ether oxygens (including phenoxy) is 1. The summed E-state index contributed by atoms with van der Waals surface area (Å²) in [5.74, 6) is 0. The highest BCUT2D eigenvalue weighted by atomic mass is 32.2. The predicted molar refractivity (Wildman–Crippen MR) is 81.5 cm³/mol. The van der Waals surface area contributed by atoms with Gasteiger partial charge in [0, 0.05) is 37.1 Å². The van der Waals surface area contributed by atoms with Crippen molar-refractivity contribution in [3.8, 4) is 0 Å². The second-order valence-corrected chi connectivity index (χ2v) is 9.94. The quantitative estimate of drug-likeness (QED) is 0.834. The van der Waals surface area contributed by atoms with Gasteiger partial charge in [0.25, 0.3) is 10.2 Å². The van der Waals surface area contributed by atoms with Crippen LogP contribution in [0.4, 0.5) is 4.79 Å². The minimum atomic E-state index is -3.38. The molecule has 2 saturated heterocycles. The topological polar surface area (TPSA) is 79.0 Å². The summed E-state index contributed by atoms with van der Waals surface area (Å²) in [6, 6.07) is 0. The lowest BCUT2D eigenvalue weighted by atomic mass is 9.75. The summed E-state index contributed by atoms with van der Waals surface area (Å²) >= 11 is 0. The van der Waals surface area contributed by atoms with Crippen molar-refractivity contribution >= 4 is 16.3 Å². The van der Waals surface area contributed by atoms with Gasteiger partial charge in [-0.15, -0.1) is 0 Å². The van der Waals surface area contributed by atoms with Crippen LogP contribution < -0.4 is 4.72 Å². The van der Waals surface area contributed by atoms with Crippen LogP contribution in [0.1, 0.15) is 40.5 Å². The minimum absolute atomic E-state index is 0.0733. The molecule has 0 aromatic heterocycles. The van der Waals surface area contributed by atoms with Gasteiger partial charge in [0.05, 0.1) is 0 Å². The van der Waals surface area contributed by atoms with E-state index in [1.807, 2.05) is 27.7 Å². The Kier molecular flexibility index (Phi) is 3.33. The zero-order chi connectivity index (χ0) is 16.4. The third-order valence-corrected chi connectivity index (χ3v) is 6.13. The summed E-state index contributed by atoms with van der Waals surface area (Å²) in [4.78, 5) is 13.5. The number of rotatable bonds is 3. The Bertz CT molecular complexity index is 578. The van der Waals surface area contributed by atoms with Crippen molar-refractivity contribution in [2.24, 2.45) is 5.41 Å². The second kappa shape index (κ2) is 4.58. The molecule has 1 spiro atoms. The van der Waals surface area contributed by atoms with Crippen LogP contribution >= 0.6 is 0 Å². The first kappa shape index (κ1) is 16.0. The van der Waals surface area contributed by atoms with Crippen LogP contribution in [-0.4, -0.2) is 61.0 Å². The van der Waals surface area contributed by atoms with E-state index in [1.54, 1.807) is 4.90 Å². The summed E-state index contributed by atoms with van der Waals surface area (Å²) in [5, 5.41) is 0. The summed E-state index contributed by atoms with van der Waals surface area (Å²) in [7, 11) is -3.38. The van der Waals surface area contributed by atoms with Crippen molar-refractivity contribution in [1.82, 2.24) is 13.9 Å². The molecule has 0 radical (unpaired) electrons. The number of amides is 1. The number of hydrogen-bond donors (Lipinski definition) is 1. The van der Waals surface area contributed by atoms with Gasteiger partial charge in [0.15, 0.2) is 0 Å². The van der Waals surface area contributed by atoms with Crippen molar-refractivity contribution in [3.63, 3.8) is 0 Å². The van der Waals surface area contributed by atoms with Crippen LogP contribution in [0.15, 0.2) is 0 Å². The molecule has 1 aliphatic carbocycles. The van der Waals surface area contributed by atoms with Gasteiger partial charge in [0.1, 0.15) is 5.60 Å². The first-order valence-corrected chi connectivity index (χ1v) is 9.13. The lowest BCUT2D eigenvalue weighted by Crippen LogP contribution is -2.74. The summed E-state index contributed by atoms with van der Waals surface area (Å²) < 4.78 is 34.0. The Morgan fingerprint density at radius 3 is 2.14 bits per heavy atom. The molecule has 1 N–H and O–H groups in total. The second-order valence-electron chi connectivity index (χ2n) is 8.27. The molecule has 0 atom stereocenters. The van der Waals surface area contributed by atoms with E-state index < -0.39 is 15.8 Å². The molecule has 1 amide bonds. The van der Waals surface area contributed by atoms with Gasteiger partial charge in [-0.05, 0) is 40.5 Å². The van der Waals surface area contributed by atoms with E-state index in [9.17, 15) is 13.2 Å². The van der Waals surface area contributed by atoms with Gasteiger partial charge in [0.2, 0.25) is 0 Å². The van der Waals surface area contributed by atoms with Crippen LogP contribution in [0.25, 0.3) is 0 Å². The molecule has 3 fully saturated rings. The molecule has 7 nitrogen and oxygen atoms in total. The zero-order valence-corrected chi connectivity index (χ0v) is 14.5. The van der Waals surface area contributed by atoms with Crippen LogP contribution in [0.2, 0.25) is 0 Å². The van der Waals surface area contributed by atoms with Crippen molar-refractivity contribution < 1.29 is 17.9 Å². The maximum absolute atomic E-state index is 12.2. The Morgan fingerprint density at radius 2 is 1.68 bits per heavy atom. The molecule has 0 aromatic rings. The number of likely N-dealkylation sites (tertiary alicyclic amines) is 1. The van der Waals surface area contributed by atoms with E-state index >= 15 is 0 Å². The summed E-state index contributed by atoms with van der Waals surface area (Å²) in [5.41, 5.74) is -0.821. The molecule has 3 rings (SSSR count). The molecule has 0 aromatic carbocycles. The zero-order valence-electron chi connectivity index (χ0n) is 13.7. The van der Waals surface area contributed by atoms with Crippen LogP contribution in [0, 0.1) is 5.41 Å². The average Bonchev–Trinajstić information content (AvgIpc) is 2.86. The fourth-order valence-electron chi connectivity index (χ4n) is 2.96. The summed E-state index contributed by atoms with van der Waals surface area (Å²) in [6.45, 7) is 9.55. The maximum Gasteiger partial charge on any atom is 0.410 e. The highest BCUT2D eigenvalue weighted by molar-refractivity contribution is 7.87. The van der Waals surface area contributed by atoms with E-state index in [0.717, 1.165) is 12.8 Å². The molecule has 0 bridgehead atoms. The smallest absolute Gasteiger partial charge is 0.410 e. The van der Waals surface area contributed by atoms with E-state index in [4.69, 9.17) is 4.74 Å². The lowest BCUT2D eigenvalue weighted by Gasteiger charge is -2.58. The van der Waals surface area contributed by atoms with E-state index in [-0.39, 0.29) is 17.0 Å². The van der Waals surface area contributed by atoms with Gasteiger partial charge >= 0.3 is 6.09 Å². The highest BCUT2D eigenvalue weighted by Crippen LogP contribution is 2.42. The fourth-order valence-corrected chi connectivity index (χ4v) is 4.80. The fraction of sp³-hybridized carbons (Fsp3) is 0.929. The van der Waals surface area contributed by atoms with Crippen LogP contribution in [0.5, 0.6) is 0 Å². The standard InChI is InChI=1S/C14H25N3O4S/c1-12(2,3)21-11(18)16-7-14(8-16)9-17(10-14)22(19,20)15-13(4)5-6-13/h15H,5-10H2,1-4H3. The van der Waals surface area contributed by atoms with Gasteiger partial charge in [-0.1, -0.05) is 0 Å². The molecule has 1 saturated carbocycles. The normalized spacial score (nSPS) is 26.3. The van der Waals surface area contributed by atoms with E-state index in [1.165, 1.54) is 4.31 Å². The maximum atomic E-state index is 12.2. The predicted octanol–water partition coefficient (Wildman–Crippen LogP) is 0.926. The highest BCUT2D eigenvalue weighted by Gasteiger charge is 2.57. The van der Waals surface area contributed by atoms with E-state index in [0.29, 0.717) is 26.2 Å². The molecule has 8 heteroatoms. The molecule has 0 unspecified atom stereocenters. The molecular weight excluding hydrogens is 306 g/mol. The number of hydrogen-bond acceptors (Lipinski definition) is 4. The first-order chi connectivity index (χ1) is 9.92. The van der Waals surface area contributed by atoms with Crippen molar-refractivity contribution in [3.05, 3.63) is 0 Å². The lowest BCUT2D eigenvalue weighted by molar-refractivity contribution is -0.0843. The number of nitrogens with zero attached hydrogens (tertiary/aromatic N) is 2. The average molecular weight is 331 g/mol. The molecule has 2 heterocycles. The Morgan fingerprint density at radius 1 is 1.14 bits per heavy atom. The Labute approximate surface area is 132 Å². The summed E-state index contributed by atoms with van der Waals surface area (Å²) in [6.07, 6.45) is 1.48. The van der Waals surface area contributed by atoms with Crippen LogP contribution in [0.3, 0.4) is 0 Å². The third kappa shape index (κ3) is 3.09. The number of carbonyl (C=O) groups excluding carboxylic acids is 1. The number of nitrogens with one attached hydrogen (secondary N) is 1. The monoisotopic (exact) mass is 331 g/mol. The van der Waals surface area contributed by atoms with Gasteiger partial charge in [-0.2, -0.15) is 17.4 Å². The minimum Gasteiger partial charge on any atom is -0.444 e. The molecular formula is C14H25N3O4S. The number of carbonyl (C=O) groups is 1. The Balaban J connectivity index is 1.48. The molecule has 126 valence electrons. The molecule has 3 aliphatic rings. The van der Waals surface area contributed by atoms with Crippen molar-refractivity contribution in [1.29, 1.82) is 0 Å². The Hall–Kier alpha value is -0.860. The van der Waals surface area contributed by atoms with Gasteiger partial charge in [-0.25, -0.2) is 4.79 Å². The van der Waals surface area contributed by atoms with Crippen molar-refractivity contribution in [2.75, 3.05) is 26.2 Å². The largest absolute Gasteiger partial charge is 0.444 e. The van der Waals surface area contributed by atoms with Gasteiger partial charge < -0.3 is 9.64 Å². The van der Waals surface area contributed by atoms with Gasteiger partial charge in [-0.3, -0.25) is 0 Å². The molecule has 22 heavy (non-hydrogen) atoms. The van der Waals surface area contributed by atoms with Crippen molar-refractivity contribution in [2.45, 2.75) is 51.7 Å².